The highest BCUT2D eigenvalue weighted by Crippen LogP contribution is 2.60. The molecule has 0 radical (unpaired) electrons. The summed E-state index contributed by atoms with van der Waals surface area (Å²) in [4.78, 5) is -0.256. The SMILES string of the molecule is O=S(=O)(O)c1ccc(CCC2(C(F)(F)F)CC2)cc1. The van der Waals surface area contributed by atoms with Crippen molar-refractivity contribution in [1.29, 1.82) is 0 Å². The molecule has 1 saturated carbocycles. The molecule has 1 aliphatic carbocycles. The van der Waals surface area contributed by atoms with Gasteiger partial charge in [-0.25, -0.2) is 0 Å². The van der Waals surface area contributed by atoms with Gasteiger partial charge in [-0.1, -0.05) is 12.1 Å². The normalized spacial score (nSPS) is 18.3. The molecule has 2 rings (SSSR count). The molecule has 0 aromatic heterocycles. The van der Waals surface area contributed by atoms with Crippen LogP contribution in [0.4, 0.5) is 13.2 Å². The van der Waals surface area contributed by atoms with E-state index in [1.165, 1.54) is 24.3 Å². The highest BCUT2D eigenvalue weighted by Gasteiger charge is 2.62. The minimum absolute atomic E-state index is 0.0156. The Morgan fingerprint density at radius 3 is 2.05 bits per heavy atom. The molecule has 0 heterocycles. The van der Waals surface area contributed by atoms with Crippen molar-refractivity contribution in [1.82, 2.24) is 0 Å². The molecule has 1 fully saturated rings. The third-order valence-electron chi connectivity index (χ3n) is 3.57. The Labute approximate surface area is 109 Å². The van der Waals surface area contributed by atoms with Gasteiger partial charge >= 0.3 is 6.18 Å². The average molecular weight is 294 g/mol. The minimum Gasteiger partial charge on any atom is -0.282 e. The van der Waals surface area contributed by atoms with E-state index >= 15 is 0 Å². The molecule has 1 aromatic carbocycles. The zero-order valence-electron chi connectivity index (χ0n) is 9.94. The smallest absolute Gasteiger partial charge is 0.282 e. The van der Waals surface area contributed by atoms with Crippen LogP contribution >= 0.6 is 0 Å². The van der Waals surface area contributed by atoms with Gasteiger partial charge in [0.1, 0.15) is 0 Å². The number of halogens is 3. The quantitative estimate of drug-likeness (QED) is 0.868. The number of hydrogen-bond acceptors (Lipinski definition) is 2. The van der Waals surface area contributed by atoms with Gasteiger partial charge < -0.3 is 0 Å². The Bertz CT molecular complexity index is 557. The number of aryl methyl sites for hydroxylation is 1. The van der Waals surface area contributed by atoms with Gasteiger partial charge in [0.15, 0.2) is 0 Å². The van der Waals surface area contributed by atoms with Crippen LogP contribution < -0.4 is 0 Å². The maximum absolute atomic E-state index is 12.7. The van der Waals surface area contributed by atoms with E-state index in [1.807, 2.05) is 0 Å². The molecule has 0 atom stereocenters. The van der Waals surface area contributed by atoms with Gasteiger partial charge in [0.25, 0.3) is 10.1 Å². The van der Waals surface area contributed by atoms with E-state index in [9.17, 15) is 21.6 Å². The second-order valence-electron chi connectivity index (χ2n) is 4.90. The number of benzene rings is 1. The Hall–Kier alpha value is -1.08. The summed E-state index contributed by atoms with van der Waals surface area (Å²) in [6, 6.07) is 5.24. The molecule has 0 aliphatic heterocycles. The average Bonchev–Trinajstić information content (AvgIpc) is 3.06. The summed E-state index contributed by atoms with van der Waals surface area (Å²) in [6.07, 6.45) is -3.58. The fraction of sp³-hybridized carbons (Fsp3) is 0.500. The van der Waals surface area contributed by atoms with Crippen LogP contribution in [0.15, 0.2) is 29.2 Å². The molecule has 7 heteroatoms. The van der Waals surface area contributed by atoms with Crippen molar-refractivity contribution in [2.45, 2.75) is 36.8 Å². The van der Waals surface area contributed by atoms with Crippen molar-refractivity contribution in [3.8, 4) is 0 Å². The van der Waals surface area contributed by atoms with Crippen molar-refractivity contribution < 1.29 is 26.1 Å². The van der Waals surface area contributed by atoms with E-state index in [2.05, 4.69) is 0 Å². The van der Waals surface area contributed by atoms with Crippen molar-refractivity contribution in [3.63, 3.8) is 0 Å². The molecular formula is C12H13F3O3S. The number of alkyl halides is 3. The van der Waals surface area contributed by atoms with Gasteiger partial charge in [-0.05, 0) is 43.4 Å². The molecule has 0 unspecified atom stereocenters. The molecule has 1 aliphatic rings. The number of rotatable bonds is 4. The van der Waals surface area contributed by atoms with Crippen LogP contribution in [0.5, 0.6) is 0 Å². The first-order chi connectivity index (χ1) is 8.64. The van der Waals surface area contributed by atoms with Crippen molar-refractivity contribution >= 4 is 10.1 Å². The van der Waals surface area contributed by atoms with Crippen molar-refractivity contribution in [3.05, 3.63) is 29.8 Å². The van der Waals surface area contributed by atoms with Gasteiger partial charge in [-0.15, -0.1) is 0 Å². The summed E-state index contributed by atoms with van der Waals surface area (Å²) < 4.78 is 68.5. The summed E-state index contributed by atoms with van der Waals surface area (Å²) in [7, 11) is -4.25. The Kier molecular flexibility index (Phi) is 3.38. The van der Waals surface area contributed by atoms with Crippen LogP contribution in [0.25, 0.3) is 0 Å². The molecule has 0 saturated heterocycles. The molecule has 3 nitrogen and oxygen atoms in total. The first-order valence-electron chi connectivity index (χ1n) is 5.77. The predicted octanol–water partition coefficient (Wildman–Crippen LogP) is 3.21. The fourth-order valence-corrected chi connectivity index (χ4v) is 2.52. The van der Waals surface area contributed by atoms with E-state index in [-0.39, 0.29) is 30.6 Å². The molecule has 1 N–H and O–H groups in total. The predicted molar refractivity (Wildman–Crippen MR) is 62.3 cm³/mol. The Morgan fingerprint density at radius 2 is 1.68 bits per heavy atom. The first kappa shape index (κ1) is 14.3. The van der Waals surface area contributed by atoms with Crippen LogP contribution in [0.3, 0.4) is 0 Å². The minimum atomic E-state index is -4.25. The van der Waals surface area contributed by atoms with Gasteiger partial charge in [0.2, 0.25) is 0 Å². The molecule has 0 bridgehead atoms. The van der Waals surface area contributed by atoms with Crippen LogP contribution in [0.2, 0.25) is 0 Å². The van der Waals surface area contributed by atoms with Gasteiger partial charge in [-0.2, -0.15) is 21.6 Å². The fourth-order valence-electron chi connectivity index (χ4n) is 2.04. The standard InChI is InChI=1S/C12H13F3O3S/c13-12(14,15)11(7-8-11)6-5-9-1-3-10(4-2-9)19(16,17)18/h1-4H,5-8H2,(H,16,17,18). The number of hydrogen-bond donors (Lipinski definition) is 1. The van der Waals surface area contributed by atoms with E-state index < -0.39 is 21.7 Å². The molecule has 19 heavy (non-hydrogen) atoms. The zero-order chi connectivity index (χ0) is 14.3. The summed E-state index contributed by atoms with van der Waals surface area (Å²) in [5.41, 5.74) is -0.919. The summed E-state index contributed by atoms with van der Waals surface area (Å²) in [5, 5.41) is 0. The van der Waals surface area contributed by atoms with Gasteiger partial charge in [0.05, 0.1) is 10.3 Å². The topological polar surface area (TPSA) is 54.4 Å². The largest absolute Gasteiger partial charge is 0.394 e. The highest BCUT2D eigenvalue weighted by molar-refractivity contribution is 7.85. The van der Waals surface area contributed by atoms with Crippen LogP contribution in [-0.4, -0.2) is 19.1 Å². The summed E-state index contributed by atoms with van der Waals surface area (Å²) in [6.45, 7) is 0. The molecule has 106 valence electrons. The van der Waals surface area contributed by atoms with Gasteiger partial charge in [0, 0.05) is 0 Å². The zero-order valence-corrected chi connectivity index (χ0v) is 10.8. The van der Waals surface area contributed by atoms with Crippen molar-refractivity contribution in [2.24, 2.45) is 5.41 Å². The Balaban J connectivity index is 2.02. The summed E-state index contributed by atoms with van der Waals surface area (Å²) in [5.74, 6) is 0. The Morgan fingerprint density at radius 1 is 1.16 bits per heavy atom. The lowest BCUT2D eigenvalue weighted by Gasteiger charge is -2.18. The van der Waals surface area contributed by atoms with Crippen LogP contribution in [-0.2, 0) is 16.5 Å². The van der Waals surface area contributed by atoms with E-state index in [4.69, 9.17) is 4.55 Å². The summed E-state index contributed by atoms with van der Waals surface area (Å²) >= 11 is 0. The van der Waals surface area contributed by atoms with E-state index in [0.717, 1.165) is 0 Å². The monoisotopic (exact) mass is 294 g/mol. The second-order valence-corrected chi connectivity index (χ2v) is 6.32. The lowest BCUT2D eigenvalue weighted by molar-refractivity contribution is -0.188. The van der Waals surface area contributed by atoms with E-state index in [0.29, 0.717) is 5.56 Å². The van der Waals surface area contributed by atoms with Crippen LogP contribution in [0, 0.1) is 5.41 Å². The molecular weight excluding hydrogens is 281 g/mol. The van der Waals surface area contributed by atoms with Gasteiger partial charge in [-0.3, -0.25) is 4.55 Å². The lowest BCUT2D eigenvalue weighted by Crippen LogP contribution is -2.25. The maximum atomic E-state index is 12.7. The first-order valence-corrected chi connectivity index (χ1v) is 7.21. The third-order valence-corrected chi connectivity index (χ3v) is 4.44. The lowest BCUT2D eigenvalue weighted by atomic mass is 9.96. The third kappa shape index (κ3) is 3.09. The van der Waals surface area contributed by atoms with Crippen molar-refractivity contribution in [2.75, 3.05) is 0 Å². The molecule has 0 amide bonds. The maximum Gasteiger partial charge on any atom is 0.394 e. The molecule has 0 spiro atoms. The highest BCUT2D eigenvalue weighted by atomic mass is 32.2. The van der Waals surface area contributed by atoms with E-state index in [1.54, 1.807) is 0 Å². The van der Waals surface area contributed by atoms with Crippen LogP contribution in [0.1, 0.15) is 24.8 Å². The molecule has 1 aromatic rings. The second kappa shape index (κ2) is 4.49.